The van der Waals surface area contributed by atoms with E-state index in [1.165, 1.54) is 38.1 Å². The fourth-order valence-corrected chi connectivity index (χ4v) is 8.48. The van der Waals surface area contributed by atoms with Crippen LogP contribution in [0.3, 0.4) is 0 Å². The molecular weight excluding hydrogens is 649 g/mol. The van der Waals surface area contributed by atoms with E-state index in [1.54, 1.807) is 0 Å². The molecule has 7 aromatic carbocycles. The number of fused-ring (bicyclic) bond motifs is 11. The topological polar surface area (TPSA) is 55.1 Å². The van der Waals surface area contributed by atoms with Crippen molar-refractivity contribution in [2.24, 2.45) is 5.92 Å². The maximum Gasteiger partial charge on any atom is 0.164 e. The number of allylic oxidation sites excluding steroid dienone is 2. The number of aromatic nitrogens is 3. The molecule has 5 nitrogen and oxygen atoms in total. The summed E-state index contributed by atoms with van der Waals surface area (Å²) in [6, 6.07) is 51.0. The third-order valence-corrected chi connectivity index (χ3v) is 10.9. The molecule has 0 fully saturated rings. The standard InChI is InChI=1S/C48H32N4O/c1-29-11-10-18-37-42-39(27-26-38-43-40(53-45(38)42)28-23-31-20-19-30-12-8-9-17-36(30)41(31)43)52(44(29)37)35-24-21-34(22-25-35)48-50-46(32-13-4-2-5-14-32)49-47(51-48)33-15-6-3-7-16-33/h2-29,44H,1H3. The van der Waals surface area contributed by atoms with Crippen LogP contribution < -0.4 is 4.90 Å². The molecule has 0 bridgehead atoms. The van der Waals surface area contributed by atoms with Crippen LogP contribution in [0.5, 0.6) is 0 Å². The molecule has 0 spiro atoms. The molecule has 2 unspecified atom stereocenters. The first kappa shape index (κ1) is 29.8. The molecule has 0 amide bonds. The molecule has 5 heteroatoms. The Hall–Kier alpha value is -6.85. The normalized spacial score (nSPS) is 16.4. The van der Waals surface area contributed by atoms with Gasteiger partial charge in [-0.1, -0.05) is 128 Å². The van der Waals surface area contributed by atoms with Gasteiger partial charge in [0.25, 0.3) is 0 Å². The third kappa shape index (κ3) is 4.60. The molecule has 0 saturated carbocycles. The highest BCUT2D eigenvalue weighted by atomic mass is 16.3. The summed E-state index contributed by atoms with van der Waals surface area (Å²) >= 11 is 0. The minimum absolute atomic E-state index is 0.128. The number of anilines is 2. The minimum Gasteiger partial charge on any atom is -0.455 e. The number of benzene rings is 7. The number of hydrogen-bond acceptors (Lipinski definition) is 5. The largest absolute Gasteiger partial charge is 0.455 e. The van der Waals surface area contributed by atoms with E-state index in [2.05, 4.69) is 115 Å². The highest BCUT2D eigenvalue weighted by Gasteiger charge is 2.40. The number of rotatable bonds is 4. The Kier molecular flexibility index (Phi) is 6.52. The summed E-state index contributed by atoms with van der Waals surface area (Å²) in [5, 5.41) is 7.28. The van der Waals surface area contributed by atoms with E-state index in [0.29, 0.717) is 17.5 Å². The lowest BCUT2D eigenvalue weighted by Crippen LogP contribution is -2.33. The quantitative estimate of drug-likeness (QED) is 0.173. The Morgan fingerprint density at radius 3 is 1.89 bits per heavy atom. The lowest BCUT2D eigenvalue weighted by atomic mass is 9.87. The first-order chi connectivity index (χ1) is 26.2. The van der Waals surface area contributed by atoms with Crippen LogP contribution >= 0.6 is 0 Å². The van der Waals surface area contributed by atoms with Gasteiger partial charge < -0.3 is 9.32 Å². The SMILES string of the molecule is CC1C=CC=C2c3c(ccc4c3oc3ccc5ccc6ccccc6c5c34)N(c3ccc(-c4nc(-c5ccccc5)nc(-c5ccccc5)n4)cc3)C21. The van der Waals surface area contributed by atoms with Gasteiger partial charge in [-0.2, -0.15) is 0 Å². The summed E-state index contributed by atoms with van der Waals surface area (Å²) in [5.41, 5.74) is 9.43. The predicted molar refractivity (Wildman–Crippen MR) is 217 cm³/mol. The first-order valence-electron chi connectivity index (χ1n) is 18.1. The summed E-state index contributed by atoms with van der Waals surface area (Å²) in [7, 11) is 0. The Morgan fingerprint density at radius 1 is 0.547 bits per heavy atom. The van der Waals surface area contributed by atoms with E-state index in [-0.39, 0.29) is 12.0 Å². The molecule has 2 aromatic heterocycles. The van der Waals surface area contributed by atoms with Crippen molar-refractivity contribution in [3.63, 3.8) is 0 Å². The molecule has 2 aliphatic rings. The van der Waals surface area contributed by atoms with E-state index >= 15 is 0 Å². The van der Waals surface area contributed by atoms with Crippen LogP contribution in [-0.2, 0) is 0 Å². The van der Waals surface area contributed by atoms with Crippen LogP contribution in [0.2, 0.25) is 0 Å². The van der Waals surface area contributed by atoms with Gasteiger partial charge in [0, 0.05) is 44.1 Å². The third-order valence-electron chi connectivity index (χ3n) is 10.9. The highest BCUT2D eigenvalue weighted by molar-refractivity contribution is 6.28. The summed E-state index contributed by atoms with van der Waals surface area (Å²) in [6.45, 7) is 2.30. The van der Waals surface area contributed by atoms with Crippen LogP contribution in [-0.4, -0.2) is 21.0 Å². The highest BCUT2D eigenvalue weighted by Crippen LogP contribution is 2.53. The van der Waals surface area contributed by atoms with Gasteiger partial charge in [0.05, 0.1) is 11.7 Å². The molecule has 11 rings (SSSR count). The fraction of sp³-hybridized carbons (Fsp3) is 0.0625. The van der Waals surface area contributed by atoms with Gasteiger partial charge in [0.1, 0.15) is 11.2 Å². The maximum absolute atomic E-state index is 6.88. The van der Waals surface area contributed by atoms with Crippen molar-refractivity contribution in [2.75, 3.05) is 4.90 Å². The molecule has 1 aliphatic heterocycles. The lowest BCUT2D eigenvalue weighted by Gasteiger charge is -2.32. The molecule has 2 atom stereocenters. The van der Waals surface area contributed by atoms with Crippen molar-refractivity contribution in [1.82, 2.24) is 15.0 Å². The Balaban J connectivity index is 1.06. The molecule has 0 saturated heterocycles. The second-order valence-corrected chi connectivity index (χ2v) is 14.0. The van der Waals surface area contributed by atoms with Crippen LogP contribution in [0, 0.1) is 5.92 Å². The summed E-state index contributed by atoms with van der Waals surface area (Å²) in [4.78, 5) is 17.3. The molecule has 250 valence electrons. The smallest absolute Gasteiger partial charge is 0.164 e. The summed E-state index contributed by atoms with van der Waals surface area (Å²) in [6.07, 6.45) is 6.78. The van der Waals surface area contributed by atoms with Gasteiger partial charge in [0.15, 0.2) is 17.5 Å². The van der Waals surface area contributed by atoms with Crippen LogP contribution in [0.1, 0.15) is 12.5 Å². The van der Waals surface area contributed by atoms with E-state index in [9.17, 15) is 0 Å². The Morgan fingerprint density at radius 2 is 1.17 bits per heavy atom. The maximum atomic E-state index is 6.88. The van der Waals surface area contributed by atoms with E-state index < -0.39 is 0 Å². The van der Waals surface area contributed by atoms with Crippen LogP contribution in [0.4, 0.5) is 11.4 Å². The van der Waals surface area contributed by atoms with Crippen LogP contribution in [0.25, 0.3) is 83.2 Å². The monoisotopic (exact) mass is 680 g/mol. The Labute approximate surface area is 306 Å². The molecule has 0 radical (unpaired) electrons. The van der Waals surface area contributed by atoms with E-state index in [1.807, 2.05) is 60.7 Å². The van der Waals surface area contributed by atoms with Gasteiger partial charge in [-0.25, -0.2) is 15.0 Å². The predicted octanol–water partition coefficient (Wildman–Crippen LogP) is 12.2. The van der Waals surface area contributed by atoms with Crippen molar-refractivity contribution >= 4 is 60.4 Å². The van der Waals surface area contributed by atoms with Crippen molar-refractivity contribution in [2.45, 2.75) is 13.0 Å². The summed E-state index contributed by atoms with van der Waals surface area (Å²) in [5.74, 6) is 2.24. The summed E-state index contributed by atoms with van der Waals surface area (Å²) < 4.78 is 6.88. The van der Waals surface area contributed by atoms with Gasteiger partial charge in [0.2, 0.25) is 0 Å². The second kappa shape index (κ2) is 11.6. The molecule has 9 aromatic rings. The fourth-order valence-electron chi connectivity index (χ4n) is 8.48. The number of furan rings is 1. The molecule has 53 heavy (non-hydrogen) atoms. The van der Waals surface area contributed by atoms with Crippen LogP contribution in [0.15, 0.2) is 168 Å². The van der Waals surface area contributed by atoms with E-state index in [4.69, 9.17) is 19.4 Å². The average molecular weight is 681 g/mol. The Bertz CT molecular complexity index is 2910. The molecule has 3 heterocycles. The minimum atomic E-state index is 0.128. The van der Waals surface area contributed by atoms with Gasteiger partial charge in [-0.05, 0) is 70.1 Å². The zero-order valence-corrected chi connectivity index (χ0v) is 28.9. The molecule has 0 N–H and O–H groups in total. The first-order valence-corrected chi connectivity index (χ1v) is 18.1. The van der Waals surface area contributed by atoms with Gasteiger partial charge >= 0.3 is 0 Å². The average Bonchev–Trinajstić information content (AvgIpc) is 3.78. The molecule has 1 aliphatic carbocycles. The zero-order chi connectivity index (χ0) is 35.0. The van der Waals surface area contributed by atoms with Crippen molar-refractivity contribution in [3.8, 4) is 34.2 Å². The van der Waals surface area contributed by atoms with E-state index in [0.717, 1.165) is 44.6 Å². The van der Waals surface area contributed by atoms with Crippen molar-refractivity contribution < 1.29 is 4.42 Å². The van der Waals surface area contributed by atoms with Crippen molar-refractivity contribution in [1.29, 1.82) is 0 Å². The lowest BCUT2D eigenvalue weighted by molar-refractivity contribution is 0.636. The number of nitrogens with zero attached hydrogens (tertiary/aromatic N) is 4. The zero-order valence-electron chi connectivity index (χ0n) is 28.9. The number of hydrogen-bond donors (Lipinski definition) is 0. The second-order valence-electron chi connectivity index (χ2n) is 14.0. The van der Waals surface area contributed by atoms with Crippen molar-refractivity contribution in [3.05, 3.63) is 169 Å². The van der Waals surface area contributed by atoms with Gasteiger partial charge in [-0.3, -0.25) is 0 Å². The molecular formula is C48H32N4O. The van der Waals surface area contributed by atoms with Gasteiger partial charge in [-0.15, -0.1) is 0 Å².